The Morgan fingerprint density at radius 3 is 2.95 bits per heavy atom. The fourth-order valence-electron chi connectivity index (χ4n) is 2.76. The molecule has 5 heteroatoms. The second-order valence-corrected chi connectivity index (χ2v) is 5.89. The summed E-state index contributed by atoms with van der Waals surface area (Å²) in [6, 6.07) is 9.98. The second kappa shape index (κ2) is 4.56. The number of H-pyrrole nitrogens is 1. The number of rotatable bonds is 2. The highest BCUT2D eigenvalue weighted by Gasteiger charge is 2.15. The van der Waals surface area contributed by atoms with Gasteiger partial charge in [0.25, 0.3) is 5.56 Å². The number of para-hydroxylation sites is 1. The van der Waals surface area contributed by atoms with Crippen LogP contribution < -0.4 is 5.56 Å². The van der Waals surface area contributed by atoms with Crippen molar-refractivity contribution in [1.29, 1.82) is 0 Å². The fourth-order valence-corrected chi connectivity index (χ4v) is 3.42. The lowest BCUT2D eigenvalue weighted by Crippen LogP contribution is -2.21. The van der Waals surface area contributed by atoms with E-state index in [2.05, 4.69) is 21.6 Å². The van der Waals surface area contributed by atoms with E-state index < -0.39 is 0 Å². The lowest BCUT2D eigenvalue weighted by molar-refractivity contribution is 0.805. The van der Waals surface area contributed by atoms with E-state index in [1.165, 1.54) is 0 Å². The molecule has 0 aliphatic carbocycles. The van der Waals surface area contributed by atoms with Gasteiger partial charge in [0.05, 0.1) is 17.4 Å². The normalized spacial score (nSPS) is 11.5. The number of pyridine rings is 1. The average Bonchev–Trinajstić information content (AvgIpc) is 3.13. The standard InChI is InChI=1S/C16H13N3OS/c1-10-14-15(18-17-10)12-4-2-3-5-13(12)19(16(14)20)8-11-6-7-21-9-11/h2-7,9H,8H2,1H3,(H,17,18). The summed E-state index contributed by atoms with van der Waals surface area (Å²) >= 11 is 1.64. The average molecular weight is 295 g/mol. The molecule has 1 aromatic carbocycles. The van der Waals surface area contributed by atoms with Gasteiger partial charge in [-0.1, -0.05) is 18.2 Å². The maximum atomic E-state index is 12.9. The van der Waals surface area contributed by atoms with Crippen molar-refractivity contribution in [1.82, 2.24) is 14.8 Å². The molecule has 0 unspecified atom stereocenters. The van der Waals surface area contributed by atoms with Crippen molar-refractivity contribution in [2.75, 3.05) is 0 Å². The van der Waals surface area contributed by atoms with Crippen LogP contribution in [-0.2, 0) is 6.54 Å². The molecule has 0 fully saturated rings. The number of thiophene rings is 1. The van der Waals surface area contributed by atoms with Gasteiger partial charge < -0.3 is 4.57 Å². The lowest BCUT2D eigenvalue weighted by Gasteiger charge is -2.10. The first-order chi connectivity index (χ1) is 10.3. The molecule has 0 saturated carbocycles. The summed E-state index contributed by atoms with van der Waals surface area (Å²) in [5, 5.41) is 13.0. The van der Waals surface area contributed by atoms with Gasteiger partial charge in [-0.3, -0.25) is 9.89 Å². The summed E-state index contributed by atoms with van der Waals surface area (Å²) < 4.78 is 1.84. The van der Waals surface area contributed by atoms with Crippen molar-refractivity contribution < 1.29 is 0 Å². The Hall–Kier alpha value is -2.40. The SMILES string of the molecule is Cc1[nH]nc2c1c(=O)n(Cc1ccsc1)c1ccccc21. The third-order valence-electron chi connectivity index (χ3n) is 3.78. The van der Waals surface area contributed by atoms with E-state index in [0.717, 1.165) is 27.7 Å². The zero-order chi connectivity index (χ0) is 14.4. The molecule has 0 aliphatic heterocycles. The first kappa shape index (κ1) is 12.3. The minimum atomic E-state index is 0.0150. The largest absolute Gasteiger partial charge is 0.303 e. The summed E-state index contributed by atoms with van der Waals surface area (Å²) in [6.07, 6.45) is 0. The van der Waals surface area contributed by atoms with E-state index in [4.69, 9.17) is 0 Å². The van der Waals surface area contributed by atoms with Gasteiger partial charge >= 0.3 is 0 Å². The van der Waals surface area contributed by atoms with Crippen LogP contribution in [0.15, 0.2) is 45.9 Å². The van der Waals surface area contributed by atoms with Crippen LogP contribution in [-0.4, -0.2) is 14.8 Å². The Morgan fingerprint density at radius 1 is 1.29 bits per heavy atom. The predicted octanol–water partition coefficient (Wildman–Crippen LogP) is 3.30. The van der Waals surface area contributed by atoms with Crippen molar-refractivity contribution in [3.05, 3.63) is 62.7 Å². The highest BCUT2D eigenvalue weighted by molar-refractivity contribution is 7.07. The van der Waals surface area contributed by atoms with Crippen LogP contribution in [0.25, 0.3) is 21.8 Å². The number of hydrogen-bond acceptors (Lipinski definition) is 3. The second-order valence-electron chi connectivity index (χ2n) is 5.11. The van der Waals surface area contributed by atoms with Crippen LogP contribution >= 0.6 is 11.3 Å². The van der Waals surface area contributed by atoms with E-state index in [9.17, 15) is 4.79 Å². The number of nitrogens with one attached hydrogen (secondary N) is 1. The van der Waals surface area contributed by atoms with Gasteiger partial charge in [-0.05, 0) is 35.4 Å². The zero-order valence-electron chi connectivity index (χ0n) is 11.5. The smallest absolute Gasteiger partial charge is 0.262 e. The molecule has 3 aromatic heterocycles. The molecule has 0 bridgehead atoms. The molecule has 1 N–H and O–H groups in total. The molecule has 0 radical (unpaired) electrons. The van der Waals surface area contributed by atoms with E-state index in [-0.39, 0.29) is 5.56 Å². The summed E-state index contributed by atoms with van der Waals surface area (Å²) in [5.74, 6) is 0. The first-order valence-electron chi connectivity index (χ1n) is 6.73. The quantitative estimate of drug-likeness (QED) is 0.617. The molecule has 0 atom stereocenters. The Labute approximate surface area is 124 Å². The van der Waals surface area contributed by atoms with Crippen molar-refractivity contribution in [3.8, 4) is 0 Å². The summed E-state index contributed by atoms with van der Waals surface area (Å²) in [4.78, 5) is 12.9. The van der Waals surface area contributed by atoms with Gasteiger partial charge in [0.15, 0.2) is 0 Å². The highest BCUT2D eigenvalue weighted by Crippen LogP contribution is 2.23. The van der Waals surface area contributed by atoms with Crippen LogP contribution in [0.5, 0.6) is 0 Å². The van der Waals surface area contributed by atoms with Gasteiger partial charge in [0.1, 0.15) is 5.52 Å². The Bertz CT molecular complexity index is 996. The van der Waals surface area contributed by atoms with E-state index >= 15 is 0 Å². The minimum Gasteiger partial charge on any atom is -0.303 e. The molecule has 0 saturated heterocycles. The van der Waals surface area contributed by atoms with Crippen LogP contribution in [0.1, 0.15) is 11.3 Å². The van der Waals surface area contributed by atoms with Crippen LogP contribution in [0.3, 0.4) is 0 Å². The van der Waals surface area contributed by atoms with Crippen molar-refractivity contribution in [2.24, 2.45) is 0 Å². The molecule has 4 rings (SSSR count). The van der Waals surface area contributed by atoms with Gasteiger partial charge in [-0.2, -0.15) is 16.4 Å². The molecule has 4 nitrogen and oxygen atoms in total. The van der Waals surface area contributed by atoms with Crippen LogP contribution in [0, 0.1) is 6.92 Å². The number of benzene rings is 1. The van der Waals surface area contributed by atoms with E-state index in [1.54, 1.807) is 11.3 Å². The van der Waals surface area contributed by atoms with E-state index in [0.29, 0.717) is 11.9 Å². The summed E-state index contributed by atoms with van der Waals surface area (Å²) in [6.45, 7) is 2.48. The molecule has 0 aliphatic rings. The minimum absolute atomic E-state index is 0.0150. The number of aromatic nitrogens is 3. The third kappa shape index (κ3) is 1.81. The number of nitrogens with zero attached hydrogens (tertiary/aromatic N) is 2. The molecule has 21 heavy (non-hydrogen) atoms. The van der Waals surface area contributed by atoms with Crippen molar-refractivity contribution >= 4 is 33.1 Å². The van der Waals surface area contributed by atoms with Crippen molar-refractivity contribution in [2.45, 2.75) is 13.5 Å². The molecule has 0 spiro atoms. The zero-order valence-corrected chi connectivity index (χ0v) is 12.3. The molecular formula is C16H13N3OS. The maximum absolute atomic E-state index is 12.9. The monoisotopic (exact) mass is 295 g/mol. The molecule has 104 valence electrons. The maximum Gasteiger partial charge on any atom is 0.262 e. The van der Waals surface area contributed by atoms with Gasteiger partial charge in [0, 0.05) is 11.1 Å². The van der Waals surface area contributed by atoms with Gasteiger partial charge in [-0.15, -0.1) is 0 Å². The number of aryl methyl sites for hydroxylation is 1. The number of fused-ring (bicyclic) bond motifs is 3. The van der Waals surface area contributed by atoms with Crippen molar-refractivity contribution in [3.63, 3.8) is 0 Å². The topological polar surface area (TPSA) is 50.7 Å². The summed E-state index contributed by atoms with van der Waals surface area (Å²) in [7, 11) is 0. The van der Waals surface area contributed by atoms with Crippen LogP contribution in [0.2, 0.25) is 0 Å². The predicted molar refractivity (Wildman–Crippen MR) is 86.0 cm³/mol. The van der Waals surface area contributed by atoms with Crippen LogP contribution in [0.4, 0.5) is 0 Å². The Balaban J connectivity index is 2.13. The Morgan fingerprint density at radius 2 is 2.14 bits per heavy atom. The third-order valence-corrected chi connectivity index (χ3v) is 4.51. The Kier molecular flexibility index (Phi) is 2.68. The molecule has 0 amide bonds. The lowest BCUT2D eigenvalue weighted by atomic mass is 10.1. The first-order valence-corrected chi connectivity index (χ1v) is 7.67. The molecule has 3 heterocycles. The fraction of sp³-hybridized carbons (Fsp3) is 0.125. The molecular weight excluding hydrogens is 282 g/mol. The van der Waals surface area contributed by atoms with E-state index in [1.807, 2.05) is 41.1 Å². The summed E-state index contributed by atoms with van der Waals surface area (Å²) in [5.41, 5.74) is 3.66. The number of hydrogen-bond donors (Lipinski definition) is 1. The number of aromatic amines is 1. The highest BCUT2D eigenvalue weighted by atomic mass is 32.1. The van der Waals surface area contributed by atoms with Gasteiger partial charge in [-0.25, -0.2) is 0 Å². The van der Waals surface area contributed by atoms with Gasteiger partial charge in [0.2, 0.25) is 0 Å². The molecule has 4 aromatic rings.